The molecule has 0 atom stereocenters. The minimum absolute atomic E-state index is 0.0886. The van der Waals surface area contributed by atoms with Gasteiger partial charge in [-0.25, -0.2) is 17.8 Å². The van der Waals surface area contributed by atoms with E-state index in [1.807, 2.05) is 36.4 Å². The maximum atomic E-state index is 13.9. The molecule has 6 nitrogen and oxygen atoms in total. The average molecular weight is 483 g/mol. The van der Waals surface area contributed by atoms with Gasteiger partial charge in [-0.05, 0) is 54.8 Å². The molecule has 3 heterocycles. The van der Waals surface area contributed by atoms with Crippen molar-refractivity contribution in [1.29, 1.82) is 0 Å². The van der Waals surface area contributed by atoms with Crippen LogP contribution < -0.4 is 5.32 Å². The van der Waals surface area contributed by atoms with Gasteiger partial charge in [-0.15, -0.1) is 0 Å². The Morgan fingerprint density at radius 2 is 1.94 bits per heavy atom. The van der Waals surface area contributed by atoms with Gasteiger partial charge < -0.3 is 5.32 Å². The highest BCUT2D eigenvalue weighted by Crippen LogP contribution is 2.32. The number of halogens is 2. The van der Waals surface area contributed by atoms with Crippen molar-refractivity contribution in [1.82, 2.24) is 14.3 Å². The predicted octanol–water partition coefficient (Wildman–Crippen LogP) is 5.22. The summed E-state index contributed by atoms with van der Waals surface area (Å²) in [5, 5.41) is 4.42. The molecule has 2 aromatic heterocycles. The number of pyridine rings is 2. The van der Waals surface area contributed by atoms with E-state index in [1.165, 1.54) is 4.31 Å². The highest BCUT2D eigenvalue weighted by Gasteiger charge is 2.31. The Bertz CT molecular complexity index is 1490. The second-order valence-corrected chi connectivity index (χ2v) is 10.3. The fourth-order valence-corrected chi connectivity index (χ4v) is 6.02. The van der Waals surface area contributed by atoms with Gasteiger partial charge in [-0.1, -0.05) is 29.8 Å². The molecule has 1 aliphatic heterocycles. The summed E-state index contributed by atoms with van der Waals surface area (Å²) >= 11 is 6.03. The molecule has 0 radical (unpaired) electrons. The lowest BCUT2D eigenvalue weighted by atomic mass is 10.0. The van der Waals surface area contributed by atoms with Crippen molar-refractivity contribution in [3.63, 3.8) is 0 Å². The minimum Gasteiger partial charge on any atom is -0.339 e. The highest BCUT2D eigenvalue weighted by atomic mass is 35.5. The molecule has 0 bridgehead atoms. The zero-order valence-corrected chi connectivity index (χ0v) is 19.3. The van der Waals surface area contributed by atoms with Gasteiger partial charge >= 0.3 is 0 Å². The maximum absolute atomic E-state index is 13.9. The molecule has 4 aromatic rings. The van der Waals surface area contributed by atoms with E-state index in [0.717, 1.165) is 39.8 Å². The van der Waals surface area contributed by atoms with Gasteiger partial charge in [-0.3, -0.25) is 4.98 Å². The maximum Gasteiger partial charge on any atom is 0.243 e. The van der Waals surface area contributed by atoms with Crippen molar-refractivity contribution >= 4 is 44.0 Å². The van der Waals surface area contributed by atoms with Crippen LogP contribution in [-0.4, -0.2) is 29.2 Å². The molecule has 0 spiro atoms. The summed E-state index contributed by atoms with van der Waals surface area (Å²) in [6.07, 6.45) is 3.86. The van der Waals surface area contributed by atoms with E-state index in [4.69, 9.17) is 11.6 Å². The van der Waals surface area contributed by atoms with Gasteiger partial charge in [0.2, 0.25) is 10.0 Å². The van der Waals surface area contributed by atoms with E-state index in [0.29, 0.717) is 17.8 Å². The largest absolute Gasteiger partial charge is 0.339 e. The second-order valence-electron chi connectivity index (χ2n) is 7.94. The minimum atomic E-state index is -3.92. The van der Waals surface area contributed by atoms with E-state index >= 15 is 0 Å². The normalized spacial score (nSPS) is 14.3. The van der Waals surface area contributed by atoms with Crippen molar-refractivity contribution in [2.45, 2.75) is 24.8 Å². The number of para-hydroxylation sites is 1. The number of nitrogens with zero attached hydrogens (tertiary/aromatic N) is 3. The number of benzene rings is 2. The Kier molecular flexibility index (Phi) is 5.52. The van der Waals surface area contributed by atoms with Crippen molar-refractivity contribution in [3.05, 3.63) is 88.5 Å². The quantitative estimate of drug-likeness (QED) is 0.431. The van der Waals surface area contributed by atoms with Crippen LogP contribution in [0.25, 0.3) is 10.9 Å². The number of sulfonamides is 1. The molecule has 33 heavy (non-hydrogen) atoms. The van der Waals surface area contributed by atoms with Crippen LogP contribution in [0.3, 0.4) is 0 Å². The van der Waals surface area contributed by atoms with E-state index in [-0.39, 0.29) is 23.0 Å². The van der Waals surface area contributed by atoms with Gasteiger partial charge in [0.05, 0.1) is 22.3 Å². The molecule has 9 heteroatoms. The monoisotopic (exact) mass is 482 g/mol. The summed E-state index contributed by atoms with van der Waals surface area (Å²) in [5.74, 6) is -0.00660. The summed E-state index contributed by atoms with van der Waals surface area (Å²) in [4.78, 5) is 8.84. The average Bonchev–Trinajstić information content (AvgIpc) is 2.81. The molecule has 168 valence electrons. The molecule has 2 aromatic carbocycles. The van der Waals surface area contributed by atoms with Crippen molar-refractivity contribution in [2.75, 3.05) is 11.9 Å². The van der Waals surface area contributed by atoms with Crippen molar-refractivity contribution < 1.29 is 12.8 Å². The van der Waals surface area contributed by atoms with Gasteiger partial charge in [0, 0.05) is 35.3 Å². The lowest BCUT2D eigenvalue weighted by molar-refractivity contribution is 0.390. The molecule has 0 fully saturated rings. The van der Waals surface area contributed by atoms with Crippen LogP contribution in [0.15, 0.2) is 65.8 Å². The fraction of sp³-hybridized carbons (Fsp3) is 0.167. The first-order chi connectivity index (χ1) is 15.8. The number of fused-ring (bicyclic) bond motifs is 2. The highest BCUT2D eigenvalue weighted by molar-refractivity contribution is 7.89. The van der Waals surface area contributed by atoms with Gasteiger partial charge in [-0.2, -0.15) is 4.31 Å². The topological polar surface area (TPSA) is 75.2 Å². The predicted molar refractivity (Wildman–Crippen MR) is 127 cm³/mol. The van der Waals surface area contributed by atoms with Crippen LogP contribution in [0.5, 0.6) is 0 Å². The van der Waals surface area contributed by atoms with Gasteiger partial charge in [0.25, 0.3) is 0 Å². The van der Waals surface area contributed by atoms with Crippen molar-refractivity contribution in [3.8, 4) is 0 Å². The van der Waals surface area contributed by atoms with E-state index in [1.54, 1.807) is 19.3 Å². The Hall–Kier alpha value is -3.07. The Morgan fingerprint density at radius 3 is 2.79 bits per heavy atom. The van der Waals surface area contributed by atoms with Gasteiger partial charge in [0.15, 0.2) is 0 Å². The van der Waals surface area contributed by atoms with Crippen LogP contribution in [0, 0.1) is 12.7 Å². The first kappa shape index (κ1) is 21.8. The molecule has 0 amide bonds. The molecule has 1 aliphatic rings. The molecule has 0 aliphatic carbocycles. The SMILES string of the molecule is Cc1c(Cl)cc(F)cc1S(=O)(=O)N1CCc2c(ccnc2Nc2cnc3ccccc3c2)C1. The first-order valence-electron chi connectivity index (χ1n) is 10.4. The fourth-order valence-electron chi connectivity index (χ4n) is 4.08. The lowest BCUT2D eigenvalue weighted by Gasteiger charge is -2.29. The van der Waals surface area contributed by atoms with Crippen molar-refractivity contribution in [2.24, 2.45) is 0 Å². The molecular weight excluding hydrogens is 463 g/mol. The Morgan fingerprint density at radius 1 is 1.12 bits per heavy atom. The molecular formula is C24H20ClFN4O2S. The third kappa shape index (κ3) is 4.06. The summed E-state index contributed by atoms with van der Waals surface area (Å²) in [6.45, 7) is 1.99. The number of hydrogen-bond acceptors (Lipinski definition) is 5. The molecule has 1 N–H and O–H groups in total. The van der Waals surface area contributed by atoms with Gasteiger partial charge in [0.1, 0.15) is 11.6 Å². The third-order valence-electron chi connectivity index (χ3n) is 5.84. The molecule has 0 saturated carbocycles. The Balaban J connectivity index is 1.44. The van der Waals surface area contributed by atoms with Crippen LogP contribution in [0.2, 0.25) is 5.02 Å². The second kappa shape index (κ2) is 8.37. The Labute approximate surface area is 196 Å². The molecule has 0 unspecified atom stereocenters. The zero-order valence-electron chi connectivity index (χ0n) is 17.7. The third-order valence-corrected chi connectivity index (χ3v) is 8.21. The standard InChI is InChI=1S/C24H20ClFN4O2S/c1-15-21(25)11-18(26)12-23(15)33(31,32)30-9-7-20-17(14-30)6-8-27-24(20)29-19-10-16-4-2-3-5-22(16)28-13-19/h2-6,8,10-13H,7,9,14H2,1H3,(H,27,29). The lowest BCUT2D eigenvalue weighted by Crippen LogP contribution is -2.36. The number of aromatic nitrogens is 2. The zero-order chi connectivity index (χ0) is 23.2. The van der Waals surface area contributed by atoms with Crippen LogP contribution in [-0.2, 0) is 23.0 Å². The first-order valence-corrected chi connectivity index (χ1v) is 12.2. The smallest absolute Gasteiger partial charge is 0.243 e. The number of hydrogen-bond donors (Lipinski definition) is 1. The molecule has 5 rings (SSSR count). The number of anilines is 2. The van der Waals surface area contributed by atoms with Crippen LogP contribution in [0.4, 0.5) is 15.9 Å². The van der Waals surface area contributed by atoms with Crippen LogP contribution in [0.1, 0.15) is 16.7 Å². The van der Waals surface area contributed by atoms with E-state index < -0.39 is 15.8 Å². The summed E-state index contributed by atoms with van der Waals surface area (Å²) < 4.78 is 41.8. The summed E-state index contributed by atoms with van der Waals surface area (Å²) in [5.41, 5.74) is 3.83. The number of rotatable bonds is 4. The van der Waals surface area contributed by atoms with E-state index in [2.05, 4.69) is 15.3 Å². The number of nitrogens with one attached hydrogen (secondary N) is 1. The summed E-state index contributed by atoms with van der Waals surface area (Å²) in [7, 11) is -3.92. The van der Waals surface area contributed by atoms with E-state index in [9.17, 15) is 12.8 Å². The summed E-state index contributed by atoms with van der Waals surface area (Å²) in [6, 6.07) is 13.8. The molecule has 0 saturated heterocycles. The van der Waals surface area contributed by atoms with Crippen LogP contribution >= 0.6 is 11.6 Å².